The minimum Gasteiger partial charge on any atom is -0.497 e. The van der Waals surface area contributed by atoms with E-state index < -0.39 is 5.63 Å². The number of methoxy groups -OCH3 is 2. The third-order valence-corrected chi connectivity index (χ3v) is 4.93. The van der Waals surface area contributed by atoms with Crippen LogP contribution >= 0.6 is 11.6 Å². The van der Waals surface area contributed by atoms with Gasteiger partial charge in [-0.1, -0.05) is 11.6 Å². The molecule has 1 aromatic heterocycles. The Balaban J connectivity index is 1.68. The molecule has 0 aliphatic rings. The van der Waals surface area contributed by atoms with Gasteiger partial charge < -0.3 is 18.6 Å². The normalized spacial score (nSPS) is 10.8. The van der Waals surface area contributed by atoms with E-state index in [2.05, 4.69) is 0 Å². The maximum absolute atomic E-state index is 12.2. The Morgan fingerprint density at radius 3 is 2.38 bits per heavy atom. The number of esters is 1. The maximum Gasteiger partial charge on any atom is 0.336 e. The SMILES string of the molecule is COc1cc(CCC(=O)OCc2cc(=O)oc3cc(C)c(Cl)cc23)cc(OC)c1. The lowest BCUT2D eigenvalue weighted by molar-refractivity contribution is -0.144. The first kappa shape index (κ1) is 20.7. The van der Waals surface area contributed by atoms with E-state index in [1.807, 2.05) is 19.1 Å². The molecular formula is C22H21ClO6. The molecule has 0 N–H and O–H groups in total. The lowest BCUT2D eigenvalue weighted by atomic mass is 10.1. The van der Waals surface area contributed by atoms with Crippen molar-refractivity contribution in [2.45, 2.75) is 26.4 Å². The van der Waals surface area contributed by atoms with Crippen LogP contribution in [0.15, 0.2) is 45.6 Å². The van der Waals surface area contributed by atoms with Crippen LogP contribution in [0.2, 0.25) is 5.02 Å². The Bertz CT molecular complexity index is 1080. The van der Waals surface area contributed by atoms with Gasteiger partial charge in [0, 0.05) is 34.5 Å². The first-order valence-electron chi connectivity index (χ1n) is 9.00. The van der Waals surface area contributed by atoms with E-state index in [0.29, 0.717) is 39.5 Å². The van der Waals surface area contributed by atoms with Crippen LogP contribution in [-0.4, -0.2) is 20.2 Å². The highest BCUT2D eigenvalue weighted by Crippen LogP contribution is 2.26. The van der Waals surface area contributed by atoms with Crippen molar-refractivity contribution in [2.75, 3.05) is 14.2 Å². The smallest absolute Gasteiger partial charge is 0.336 e. The zero-order valence-corrected chi connectivity index (χ0v) is 17.2. The van der Waals surface area contributed by atoms with Crippen LogP contribution in [0.5, 0.6) is 11.5 Å². The average Bonchev–Trinajstić information content (AvgIpc) is 2.71. The van der Waals surface area contributed by atoms with Crippen molar-refractivity contribution < 1.29 is 23.4 Å². The third kappa shape index (κ3) is 5.09. The summed E-state index contributed by atoms with van der Waals surface area (Å²) in [5.41, 5.74) is 2.15. The number of hydrogen-bond donors (Lipinski definition) is 0. The number of rotatable bonds is 7. The largest absolute Gasteiger partial charge is 0.497 e. The highest BCUT2D eigenvalue weighted by molar-refractivity contribution is 6.32. The quantitative estimate of drug-likeness (QED) is 0.418. The summed E-state index contributed by atoms with van der Waals surface area (Å²) in [6.07, 6.45) is 0.644. The zero-order chi connectivity index (χ0) is 21.0. The molecule has 0 aliphatic heterocycles. The van der Waals surface area contributed by atoms with Gasteiger partial charge in [0.05, 0.1) is 14.2 Å². The molecule has 0 radical (unpaired) electrons. The fourth-order valence-corrected chi connectivity index (χ4v) is 3.12. The first-order valence-corrected chi connectivity index (χ1v) is 9.38. The molecule has 3 aromatic rings. The summed E-state index contributed by atoms with van der Waals surface area (Å²) in [6, 6.07) is 10.2. The van der Waals surface area contributed by atoms with Crippen LogP contribution in [0.4, 0.5) is 0 Å². The van der Waals surface area contributed by atoms with Crippen molar-refractivity contribution in [1.29, 1.82) is 0 Å². The van der Waals surface area contributed by atoms with E-state index in [9.17, 15) is 9.59 Å². The summed E-state index contributed by atoms with van der Waals surface area (Å²) < 4.78 is 21.1. The van der Waals surface area contributed by atoms with Gasteiger partial charge in [0.1, 0.15) is 23.7 Å². The highest BCUT2D eigenvalue weighted by atomic mass is 35.5. The van der Waals surface area contributed by atoms with E-state index in [4.69, 9.17) is 30.2 Å². The van der Waals surface area contributed by atoms with Crippen molar-refractivity contribution >= 4 is 28.5 Å². The van der Waals surface area contributed by atoms with Crippen molar-refractivity contribution in [3.63, 3.8) is 0 Å². The van der Waals surface area contributed by atoms with Gasteiger partial charge in [-0.25, -0.2) is 4.79 Å². The van der Waals surface area contributed by atoms with Crippen molar-refractivity contribution in [3.05, 3.63) is 68.5 Å². The molecule has 2 aromatic carbocycles. The lowest BCUT2D eigenvalue weighted by Gasteiger charge is -2.10. The number of benzene rings is 2. The monoisotopic (exact) mass is 416 g/mol. The van der Waals surface area contributed by atoms with E-state index in [0.717, 1.165) is 11.1 Å². The minimum atomic E-state index is -0.506. The molecule has 1 heterocycles. The van der Waals surface area contributed by atoms with Crippen LogP contribution in [0.25, 0.3) is 11.0 Å². The van der Waals surface area contributed by atoms with Crippen molar-refractivity contribution in [1.82, 2.24) is 0 Å². The molecule has 0 bridgehead atoms. The first-order chi connectivity index (χ1) is 13.9. The Kier molecular flexibility index (Phi) is 6.44. The molecule has 7 heteroatoms. The molecule has 3 rings (SSSR count). The van der Waals surface area contributed by atoms with Gasteiger partial charge in [-0.05, 0) is 48.7 Å². The number of aryl methyl sites for hydroxylation is 2. The summed E-state index contributed by atoms with van der Waals surface area (Å²) in [6.45, 7) is 1.78. The molecule has 0 atom stereocenters. The molecule has 0 unspecified atom stereocenters. The topological polar surface area (TPSA) is 75.0 Å². The summed E-state index contributed by atoms with van der Waals surface area (Å²) in [4.78, 5) is 24.0. The molecule has 6 nitrogen and oxygen atoms in total. The summed E-state index contributed by atoms with van der Waals surface area (Å²) in [7, 11) is 3.14. The van der Waals surface area contributed by atoms with Gasteiger partial charge in [-0.15, -0.1) is 0 Å². The van der Waals surface area contributed by atoms with E-state index >= 15 is 0 Å². The van der Waals surface area contributed by atoms with Crippen LogP contribution in [0.3, 0.4) is 0 Å². The van der Waals surface area contributed by atoms with Gasteiger partial charge in [-0.3, -0.25) is 4.79 Å². The Labute approximate surface area is 172 Å². The third-order valence-electron chi connectivity index (χ3n) is 4.53. The second-order valence-corrected chi connectivity index (χ2v) is 6.98. The summed E-state index contributed by atoms with van der Waals surface area (Å²) in [5.74, 6) is 0.927. The van der Waals surface area contributed by atoms with Crippen molar-refractivity contribution in [3.8, 4) is 11.5 Å². The Morgan fingerprint density at radius 2 is 1.72 bits per heavy atom. The van der Waals surface area contributed by atoms with E-state index in [-0.39, 0.29) is 19.0 Å². The van der Waals surface area contributed by atoms with Gasteiger partial charge in [-0.2, -0.15) is 0 Å². The molecule has 0 aliphatic carbocycles. The second-order valence-electron chi connectivity index (χ2n) is 6.57. The van der Waals surface area contributed by atoms with Crippen LogP contribution in [0.1, 0.15) is 23.1 Å². The number of carbonyl (C=O) groups is 1. The van der Waals surface area contributed by atoms with Gasteiger partial charge in [0.25, 0.3) is 0 Å². The van der Waals surface area contributed by atoms with Crippen molar-refractivity contribution in [2.24, 2.45) is 0 Å². The molecule has 0 amide bonds. The Hall–Kier alpha value is -2.99. The molecule has 0 fully saturated rings. The predicted octanol–water partition coefficient (Wildman–Crippen LogP) is 4.45. The second kappa shape index (κ2) is 9.01. The van der Waals surface area contributed by atoms with Crippen LogP contribution in [0, 0.1) is 6.92 Å². The fourth-order valence-electron chi connectivity index (χ4n) is 2.96. The predicted molar refractivity (Wildman–Crippen MR) is 110 cm³/mol. The number of carbonyl (C=O) groups excluding carboxylic acids is 1. The molecule has 0 saturated carbocycles. The Morgan fingerprint density at radius 1 is 1.03 bits per heavy atom. The molecule has 0 spiro atoms. The van der Waals surface area contributed by atoms with E-state index in [1.54, 1.807) is 32.4 Å². The molecular weight excluding hydrogens is 396 g/mol. The van der Waals surface area contributed by atoms with Crippen LogP contribution in [-0.2, 0) is 22.6 Å². The van der Waals surface area contributed by atoms with Gasteiger partial charge in [0.2, 0.25) is 0 Å². The number of halogens is 1. The fraction of sp³-hybridized carbons (Fsp3) is 0.273. The lowest BCUT2D eigenvalue weighted by Crippen LogP contribution is -2.08. The number of ether oxygens (including phenoxy) is 3. The summed E-state index contributed by atoms with van der Waals surface area (Å²) in [5, 5.41) is 1.19. The molecule has 152 valence electrons. The van der Waals surface area contributed by atoms with Gasteiger partial charge >= 0.3 is 11.6 Å². The maximum atomic E-state index is 12.2. The van der Waals surface area contributed by atoms with E-state index in [1.165, 1.54) is 6.07 Å². The van der Waals surface area contributed by atoms with Crippen LogP contribution < -0.4 is 15.1 Å². The highest BCUT2D eigenvalue weighted by Gasteiger charge is 2.12. The number of hydrogen-bond acceptors (Lipinski definition) is 6. The molecule has 29 heavy (non-hydrogen) atoms. The average molecular weight is 417 g/mol. The minimum absolute atomic E-state index is 0.0399. The number of fused-ring (bicyclic) bond motifs is 1. The molecule has 0 saturated heterocycles. The summed E-state index contributed by atoms with van der Waals surface area (Å²) >= 11 is 6.18. The zero-order valence-electron chi connectivity index (χ0n) is 16.4. The standard InChI is InChI=1S/C22H21ClO6/c1-13-6-20-18(11-19(13)23)15(9-22(25)29-20)12-28-21(24)5-4-14-7-16(26-2)10-17(8-14)27-3/h6-11H,4-5,12H2,1-3H3. The van der Waals surface area contributed by atoms with Gasteiger partial charge in [0.15, 0.2) is 0 Å².